The Bertz CT molecular complexity index is 719. The summed E-state index contributed by atoms with van der Waals surface area (Å²) in [4.78, 5) is 11.2. The molecule has 122 valence electrons. The summed E-state index contributed by atoms with van der Waals surface area (Å²) in [5, 5.41) is 0. The van der Waals surface area contributed by atoms with Gasteiger partial charge in [-0.2, -0.15) is 13.2 Å². The van der Waals surface area contributed by atoms with E-state index in [1.807, 2.05) is 13.8 Å². The zero-order chi connectivity index (χ0) is 17.2. The van der Waals surface area contributed by atoms with Crippen molar-refractivity contribution >= 4 is 6.29 Å². The van der Waals surface area contributed by atoms with Crippen molar-refractivity contribution in [3.63, 3.8) is 0 Å². The van der Waals surface area contributed by atoms with Crippen molar-refractivity contribution in [1.82, 2.24) is 0 Å². The first-order valence-electron chi connectivity index (χ1n) is 7.13. The van der Waals surface area contributed by atoms with Gasteiger partial charge in [0.15, 0.2) is 6.29 Å². The van der Waals surface area contributed by atoms with Gasteiger partial charge in [-0.25, -0.2) is 0 Å². The number of ether oxygens (including phenoxy) is 1. The number of hydrogen-bond acceptors (Lipinski definition) is 2. The van der Waals surface area contributed by atoms with Gasteiger partial charge in [0.05, 0.1) is 12.7 Å². The van der Waals surface area contributed by atoms with E-state index in [1.54, 1.807) is 30.3 Å². The van der Waals surface area contributed by atoms with Gasteiger partial charge in [0.1, 0.15) is 5.75 Å². The topological polar surface area (TPSA) is 26.3 Å². The molecule has 0 spiro atoms. The molecule has 0 heterocycles. The molecule has 2 rings (SSSR count). The quantitative estimate of drug-likeness (QED) is 0.712. The predicted molar refractivity (Wildman–Crippen MR) is 82.9 cm³/mol. The van der Waals surface area contributed by atoms with E-state index < -0.39 is 11.7 Å². The highest BCUT2D eigenvalue weighted by Gasteiger charge is 2.36. The number of benzene rings is 2. The van der Waals surface area contributed by atoms with Crippen molar-refractivity contribution in [1.29, 1.82) is 0 Å². The zero-order valence-corrected chi connectivity index (χ0v) is 13.1. The summed E-state index contributed by atoms with van der Waals surface area (Å²) in [7, 11) is 1.20. The van der Waals surface area contributed by atoms with Gasteiger partial charge in [0, 0.05) is 11.1 Å². The fourth-order valence-corrected chi connectivity index (χ4v) is 2.46. The Labute approximate surface area is 132 Å². The minimum absolute atomic E-state index is 0.0934. The van der Waals surface area contributed by atoms with Crippen LogP contribution in [0.2, 0.25) is 0 Å². The fourth-order valence-electron chi connectivity index (χ4n) is 2.46. The third-order valence-corrected chi connectivity index (χ3v) is 3.67. The molecule has 0 amide bonds. The van der Waals surface area contributed by atoms with E-state index in [0.717, 1.165) is 6.07 Å². The molecule has 0 bridgehead atoms. The SMILES string of the molecule is COc1c(-c2ccccc2C=O)cc(C(C)C)cc1C(F)(F)F. The number of carbonyl (C=O) groups is 1. The lowest BCUT2D eigenvalue weighted by atomic mass is 9.91. The summed E-state index contributed by atoms with van der Waals surface area (Å²) >= 11 is 0. The molecular formula is C18H17F3O2. The van der Waals surface area contributed by atoms with Crippen molar-refractivity contribution in [2.45, 2.75) is 25.9 Å². The van der Waals surface area contributed by atoms with Gasteiger partial charge >= 0.3 is 6.18 Å². The zero-order valence-electron chi connectivity index (χ0n) is 13.1. The third-order valence-electron chi connectivity index (χ3n) is 3.67. The van der Waals surface area contributed by atoms with Crippen LogP contribution in [0.4, 0.5) is 13.2 Å². The minimum atomic E-state index is -4.54. The van der Waals surface area contributed by atoms with Gasteiger partial charge in [-0.1, -0.05) is 38.1 Å². The Morgan fingerprint density at radius 1 is 1.09 bits per heavy atom. The molecule has 0 atom stereocenters. The van der Waals surface area contributed by atoms with Crippen LogP contribution in [0.5, 0.6) is 5.75 Å². The average Bonchev–Trinajstić information content (AvgIpc) is 2.52. The van der Waals surface area contributed by atoms with Crippen molar-refractivity contribution in [3.05, 3.63) is 53.1 Å². The largest absolute Gasteiger partial charge is 0.495 e. The Kier molecular flexibility index (Phi) is 4.78. The molecule has 0 fully saturated rings. The number of hydrogen-bond donors (Lipinski definition) is 0. The van der Waals surface area contributed by atoms with Crippen LogP contribution in [0, 0.1) is 0 Å². The molecule has 2 aromatic rings. The van der Waals surface area contributed by atoms with E-state index in [-0.39, 0.29) is 17.2 Å². The first-order chi connectivity index (χ1) is 10.8. The van der Waals surface area contributed by atoms with E-state index in [4.69, 9.17) is 4.74 Å². The highest BCUT2D eigenvalue weighted by molar-refractivity contribution is 5.90. The summed E-state index contributed by atoms with van der Waals surface area (Å²) < 4.78 is 45.3. The summed E-state index contributed by atoms with van der Waals surface area (Å²) in [6, 6.07) is 9.29. The molecule has 0 N–H and O–H groups in total. The molecule has 0 radical (unpaired) electrons. The molecule has 0 aliphatic rings. The van der Waals surface area contributed by atoms with Gasteiger partial charge in [-0.05, 0) is 29.2 Å². The van der Waals surface area contributed by atoms with Crippen molar-refractivity contribution in [3.8, 4) is 16.9 Å². The summed E-state index contributed by atoms with van der Waals surface area (Å²) in [5.41, 5.74) is 0.719. The maximum atomic E-state index is 13.4. The Balaban J connectivity index is 2.85. The monoisotopic (exact) mass is 322 g/mol. The molecule has 2 nitrogen and oxygen atoms in total. The molecule has 0 saturated carbocycles. The van der Waals surface area contributed by atoms with Crippen LogP contribution >= 0.6 is 0 Å². The van der Waals surface area contributed by atoms with E-state index in [1.165, 1.54) is 7.11 Å². The first kappa shape index (κ1) is 17.1. The second-order valence-corrected chi connectivity index (χ2v) is 5.51. The van der Waals surface area contributed by atoms with Gasteiger partial charge in [0.25, 0.3) is 0 Å². The van der Waals surface area contributed by atoms with Crippen molar-refractivity contribution in [2.75, 3.05) is 7.11 Å². The maximum Gasteiger partial charge on any atom is 0.419 e. The van der Waals surface area contributed by atoms with Gasteiger partial charge in [0.2, 0.25) is 0 Å². The fraction of sp³-hybridized carbons (Fsp3) is 0.278. The number of alkyl halides is 3. The Morgan fingerprint density at radius 3 is 2.26 bits per heavy atom. The normalized spacial score (nSPS) is 11.6. The maximum absolute atomic E-state index is 13.4. The van der Waals surface area contributed by atoms with E-state index in [2.05, 4.69) is 0 Å². The highest BCUT2D eigenvalue weighted by atomic mass is 19.4. The van der Waals surface area contributed by atoms with E-state index in [9.17, 15) is 18.0 Å². The summed E-state index contributed by atoms with van der Waals surface area (Å²) in [6.45, 7) is 3.63. The second-order valence-electron chi connectivity index (χ2n) is 5.51. The third kappa shape index (κ3) is 3.38. The lowest BCUT2D eigenvalue weighted by molar-refractivity contribution is -0.138. The summed E-state index contributed by atoms with van der Waals surface area (Å²) in [5.74, 6) is -0.361. The minimum Gasteiger partial charge on any atom is -0.495 e. The van der Waals surface area contributed by atoms with Crippen molar-refractivity contribution in [2.24, 2.45) is 0 Å². The van der Waals surface area contributed by atoms with Crippen LogP contribution < -0.4 is 4.74 Å². The predicted octanol–water partition coefficient (Wildman–Crippen LogP) is 5.32. The average molecular weight is 322 g/mol. The van der Waals surface area contributed by atoms with Crippen molar-refractivity contribution < 1.29 is 22.7 Å². The molecule has 5 heteroatoms. The molecule has 0 unspecified atom stereocenters. The lowest BCUT2D eigenvalue weighted by Crippen LogP contribution is -2.10. The molecular weight excluding hydrogens is 305 g/mol. The molecule has 0 saturated heterocycles. The van der Waals surface area contributed by atoms with Crippen LogP contribution in [0.25, 0.3) is 11.1 Å². The van der Waals surface area contributed by atoms with Crippen LogP contribution in [-0.2, 0) is 6.18 Å². The van der Waals surface area contributed by atoms with Gasteiger partial charge in [-0.15, -0.1) is 0 Å². The van der Waals surface area contributed by atoms with E-state index >= 15 is 0 Å². The number of methoxy groups -OCH3 is 1. The molecule has 23 heavy (non-hydrogen) atoms. The molecule has 0 aliphatic carbocycles. The van der Waals surface area contributed by atoms with Crippen LogP contribution in [-0.4, -0.2) is 13.4 Å². The second kappa shape index (κ2) is 6.44. The molecule has 0 aromatic heterocycles. The van der Waals surface area contributed by atoms with E-state index in [0.29, 0.717) is 23.0 Å². The molecule has 0 aliphatic heterocycles. The number of aldehydes is 1. The van der Waals surface area contributed by atoms with Gasteiger partial charge < -0.3 is 4.74 Å². The highest BCUT2D eigenvalue weighted by Crippen LogP contribution is 2.44. The molecule has 2 aromatic carbocycles. The van der Waals surface area contributed by atoms with Crippen LogP contribution in [0.1, 0.15) is 41.3 Å². The number of halogens is 3. The smallest absolute Gasteiger partial charge is 0.419 e. The standard InChI is InChI=1S/C18H17F3O2/c1-11(2)13-8-15(14-7-5-4-6-12(14)10-22)17(23-3)16(9-13)18(19,20)21/h4-11H,1-3H3. The summed E-state index contributed by atoms with van der Waals surface area (Å²) in [6.07, 6.45) is -3.91. The van der Waals surface area contributed by atoms with Crippen LogP contribution in [0.3, 0.4) is 0 Å². The van der Waals surface area contributed by atoms with Crippen LogP contribution in [0.15, 0.2) is 36.4 Å². The number of carbonyl (C=O) groups excluding carboxylic acids is 1. The Morgan fingerprint density at radius 2 is 1.74 bits per heavy atom. The number of rotatable bonds is 4. The first-order valence-corrected chi connectivity index (χ1v) is 7.13. The Hall–Kier alpha value is -2.30. The van der Waals surface area contributed by atoms with Gasteiger partial charge in [-0.3, -0.25) is 4.79 Å². The lowest BCUT2D eigenvalue weighted by Gasteiger charge is -2.20.